The molecule has 1 atom stereocenters. The van der Waals surface area contributed by atoms with Gasteiger partial charge in [0.15, 0.2) is 5.82 Å². The van der Waals surface area contributed by atoms with Crippen LogP contribution >= 0.6 is 0 Å². The number of aromatic nitrogens is 2. The maximum absolute atomic E-state index is 6.45. The molecule has 2 heterocycles. The van der Waals surface area contributed by atoms with Gasteiger partial charge in [-0.15, -0.1) is 0 Å². The van der Waals surface area contributed by atoms with E-state index < -0.39 is 0 Å². The second kappa shape index (κ2) is 4.77. The second-order valence-corrected chi connectivity index (χ2v) is 6.65. The van der Waals surface area contributed by atoms with E-state index in [1.165, 1.54) is 5.56 Å². The van der Waals surface area contributed by atoms with Gasteiger partial charge in [-0.25, -0.2) is 0 Å². The van der Waals surface area contributed by atoms with E-state index in [0.29, 0.717) is 0 Å². The number of fused-ring (bicyclic) bond motifs is 1. The summed E-state index contributed by atoms with van der Waals surface area (Å²) in [6.07, 6.45) is 1.72. The highest BCUT2D eigenvalue weighted by molar-refractivity contribution is 5.60. The molecule has 5 nitrogen and oxygen atoms in total. The molecular weight excluding hydrogens is 262 g/mol. The Morgan fingerprint density at radius 1 is 1.24 bits per heavy atom. The fourth-order valence-electron chi connectivity index (χ4n) is 2.71. The smallest absolute Gasteiger partial charge is 0.158 e. The van der Waals surface area contributed by atoms with E-state index in [-0.39, 0.29) is 11.7 Å². The van der Waals surface area contributed by atoms with Crippen molar-refractivity contribution in [3.8, 4) is 0 Å². The molecule has 112 valence electrons. The molecule has 0 aliphatic carbocycles. The van der Waals surface area contributed by atoms with E-state index in [1.807, 2.05) is 6.20 Å². The Morgan fingerprint density at radius 2 is 1.90 bits per heavy atom. The quantitative estimate of drug-likeness (QED) is 0.846. The average Bonchev–Trinajstić information content (AvgIpc) is 2.89. The molecule has 1 aromatic heterocycles. The van der Waals surface area contributed by atoms with Gasteiger partial charge < -0.3 is 15.5 Å². The van der Waals surface area contributed by atoms with Crippen LogP contribution in [0.5, 0.6) is 0 Å². The zero-order chi connectivity index (χ0) is 15.2. The Bertz CT molecular complexity index is 623. The van der Waals surface area contributed by atoms with Crippen LogP contribution in [0.1, 0.15) is 38.1 Å². The van der Waals surface area contributed by atoms with Crippen molar-refractivity contribution in [2.45, 2.75) is 39.4 Å². The summed E-state index contributed by atoms with van der Waals surface area (Å²) in [5.74, 6) is 0.957. The van der Waals surface area contributed by atoms with Crippen LogP contribution in [0.4, 0.5) is 11.5 Å². The summed E-state index contributed by atoms with van der Waals surface area (Å²) < 4.78 is 0. The van der Waals surface area contributed by atoms with Crippen LogP contribution in [-0.4, -0.2) is 22.4 Å². The van der Waals surface area contributed by atoms with E-state index in [9.17, 15) is 0 Å². The van der Waals surface area contributed by atoms with Gasteiger partial charge in [0.2, 0.25) is 0 Å². The summed E-state index contributed by atoms with van der Waals surface area (Å²) in [7, 11) is 0. The molecule has 5 heteroatoms. The number of H-pyrrole nitrogens is 1. The number of aromatic amines is 1. The van der Waals surface area contributed by atoms with Crippen LogP contribution in [0.15, 0.2) is 30.5 Å². The molecule has 2 aromatic rings. The van der Waals surface area contributed by atoms with Crippen molar-refractivity contribution in [1.29, 1.82) is 0 Å². The normalized spacial score (nSPS) is 18.8. The van der Waals surface area contributed by atoms with Gasteiger partial charge in [0.05, 0.1) is 12.2 Å². The lowest BCUT2D eigenvalue weighted by Gasteiger charge is -2.46. The van der Waals surface area contributed by atoms with Gasteiger partial charge in [0, 0.05) is 17.4 Å². The number of nitrogens with zero attached hydrogens (tertiary/aromatic N) is 3. The second-order valence-electron chi connectivity index (χ2n) is 6.65. The minimum atomic E-state index is -0.181. The molecule has 0 fully saturated rings. The number of nitrogens with two attached hydrogens (primary N) is 1. The van der Waals surface area contributed by atoms with Crippen LogP contribution < -0.4 is 15.5 Å². The summed E-state index contributed by atoms with van der Waals surface area (Å²) in [5.41, 5.74) is 9.85. The lowest BCUT2D eigenvalue weighted by Crippen LogP contribution is -2.54. The largest absolute Gasteiger partial charge is 0.334 e. The molecule has 1 aliphatic rings. The Morgan fingerprint density at radius 3 is 2.52 bits per heavy atom. The molecule has 1 aromatic carbocycles. The van der Waals surface area contributed by atoms with Crippen molar-refractivity contribution in [1.82, 2.24) is 10.2 Å². The van der Waals surface area contributed by atoms with Crippen molar-refractivity contribution in [2.75, 3.05) is 16.5 Å². The molecule has 21 heavy (non-hydrogen) atoms. The van der Waals surface area contributed by atoms with E-state index in [1.54, 1.807) is 0 Å². The van der Waals surface area contributed by atoms with Gasteiger partial charge >= 0.3 is 0 Å². The molecule has 0 saturated carbocycles. The van der Waals surface area contributed by atoms with Gasteiger partial charge in [-0.1, -0.05) is 17.7 Å². The molecule has 0 spiro atoms. The number of anilines is 2. The predicted molar refractivity (Wildman–Crippen MR) is 86.3 cm³/mol. The summed E-state index contributed by atoms with van der Waals surface area (Å²) in [6, 6.07) is 8.49. The minimum absolute atomic E-state index is 0.0208. The highest BCUT2D eigenvalue weighted by atomic mass is 15.4. The first-order valence-corrected chi connectivity index (χ1v) is 7.28. The molecule has 0 saturated heterocycles. The third-order valence-electron chi connectivity index (χ3n) is 4.03. The van der Waals surface area contributed by atoms with E-state index in [2.05, 4.69) is 72.0 Å². The molecule has 1 unspecified atom stereocenters. The number of hydrogen-bond donors (Lipinski definition) is 2. The Hall–Kier alpha value is -2.01. The fourth-order valence-corrected chi connectivity index (χ4v) is 2.71. The molecule has 0 bridgehead atoms. The summed E-state index contributed by atoms with van der Waals surface area (Å²) in [6.45, 7) is 9.39. The zero-order valence-corrected chi connectivity index (χ0v) is 13.1. The van der Waals surface area contributed by atoms with Gasteiger partial charge in [-0.05, 0) is 39.8 Å². The maximum atomic E-state index is 6.45. The minimum Gasteiger partial charge on any atom is -0.334 e. The SMILES string of the molecule is Cc1ccc(N2CN(C(C)(C)C)c3n[nH]cc3C2N)cc1. The van der Waals surface area contributed by atoms with Gasteiger partial charge in [0.1, 0.15) is 6.17 Å². The topological polar surface area (TPSA) is 61.2 Å². The van der Waals surface area contributed by atoms with E-state index in [4.69, 9.17) is 5.73 Å². The lowest BCUT2D eigenvalue weighted by molar-refractivity contribution is 0.457. The fraction of sp³-hybridized carbons (Fsp3) is 0.438. The van der Waals surface area contributed by atoms with Gasteiger partial charge in [-0.2, -0.15) is 5.10 Å². The monoisotopic (exact) mass is 285 g/mol. The highest BCUT2D eigenvalue weighted by Crippen LogP contribution is 2.37. The van der Waals surface area contributed by atoms with Crippen LogP contribution in [0.25, 0.3) is 0 Å². The Balaban J connectivity index is 2.03. The lowest BCUT2D eigenvalue weighted by atomic mass is 10.0. The van der Waals surface area contributed by atoms with Crippen molar-refractivity contribution in [2.24, 2.45) is 5.73 Å². The first-order chi connectivity index (χ1) is 9.88. The Labute approximate surface area is 125 Å². The van der Waals surface area contributed by atoms with Gasteiger partial charge in [-0.3, -0.25) is 5.10 Å². The third-order valence-corrected chi connectivity index (χ3v) is 4.03. The number of aryl methyl sites for hydroxylation is 1. The first kappa shape index (κ1) is 13.9. The molecule has 3 N–H and O–H groups in total. The van der Waals surface area contributed by atoms with E-state index in [0.717, 1.165) is 23.7 Å². The number of hydrogen-bond acceptors (Lipinski definition) is 4. The van der Waals surface area contributed by atoms with Crippen LogP contribution in [-0.2, 0) is 0 Å². The molecule has 1 aliphatic heterocycles. The molecular formula is C16H23N5. The van der Waals surface area contributed by atoms with Gasteiger partial charge in [0.25, 0.3) is 0 Å². The average molecular weight is 285 g/mol. The van der Waals surface area contributed by atoms with Crippen LogP contribution in [0.2, 0.25) is 0 Å². The maximum Gasteiger partial charge on any atom is 0.158 e. The molecule has 0 amide bonds. The summed E-state index contributed by atoms with van der Waals surface area (Å²) in [4.78, 5) is 4.49. The number of nitrogens with one attached hydrogen (secondary N) is 1. The first-order valence-electron chi connectivity index (χ1n) is 7.28. The molecule has 3 rings (SSSR count). The highest BCUT2D eigenvalue weighted by Gasteiger charge is 2.36. The van der Waals surface area contributed by atoms with Crippen molar-refractivity contribution in [3.63, 3.8) is 0 Å². The molecule has 0 radical (unpaired) electrons. The van der Waals surface area contributed by atoms with Crippen LogP contribution in [0.3, 0.4) is 0 Å². The van der Waals surface area contributed by atoms with Crippen molar-refractivity contribution < 1.29 is 0 Å². The number of rotatable bonds is 1. The standard InChI is InChI=1S/C16H23N5/c1-11-5-7-12(8-6-11)20-10-21(16(2,3)4)15-13(14(20)17)9-18-19-15/h5-9,14H,10,17H2,1-4H3,(H,18,19). The number of benzene rings is 1. The summed E-state index contributed by atoms with van der Waals surface area (Å²) >= 11 is 0. The van der Waals surface area contributed by atoms with Crippen LogP contribution in [0, 0.1) is 6.92 Å². The Kier molecular flexibility index (Phi) is 3.17. The third kappa shape index (κ3) is 2.38. The van der Waals surface area contributed by atoms with Crippen molar-refractivity contribution >= 4 is 11.5 Å². The zero-order valence-electron chi connectivity index (χ0n) is 13.1. The summed E-state index contributed by atoms with van der Waals surface area (Å²) in [5, 5.41) is 7.35. The van der Waals surface area contributed by atoms with E-state index >= 15 is 0 Å². The predicted octanol–water partition coefficient (Wildman–Crippen LogP) is 2.76. The van der Waals surface area contributed by atoms with Crippen molar-refractivity contribution in [3.05, 3.63) is 41.6 Å².